The molecule has 2 heterocycles. The van der Waals surface area contributed by atoms with Crippen molar-refractivity contribution in [3.63, 3.8) is 0 Å². The van der Waals surface area contributed by atoms with Crippen LogP contribution in [0.3, 0.4) is 0 Å². The highest BCUT2D eigenvalue weighted by molar-refractivity contribution is 7.98. The fourth-order valence-electron chi connectivity index (χ4n) is 4.14. The fourth-order valence-corrected chi connectivity index (χ4v) is 6.60. The number of non-ortho nitro benzene ring substituents is 1. The van der Waals surface area contributed by atoms with Crippen molar-refractivity contribution >= 4 is 27.5 Å². The minimum atomic E-state index is -3.58. The zero-order valence-electron chi connectivity index (χ0n) is 19.2. The predicted octanol–water partition coefficient (Wildman–Crippen LogP) is 4.92. The van der Waals surface area contributed by atoms with Gasteiger partial charge in [-0.25, -0.2) is 8.42 Å². The molecule has 0 atom stereocenters. The van der Waals surface area contributed by atoms with E-state index in [1.807, 2.05) is 47.0 Å². The van der Waals surface area contributed by atoms with Gasteiger partial charge in [0.1, 0.15) is 0 Å². The molecule has 0 amide bonds. The number of hydrogen-bond donors (Lipinski definition) is 0. The molecule has 4 aromatic rings. The molecule has 36 heavy (non-hydrogen) atoms. The third kappa shape index (κ3) is 4.90. The lowest BCUT2D eigenvalue weighted by Gasteiger charge is -2.16. The Hall–Kier alpha value is -3.54. The van der Waals surface area contributed by atoms with Crippen molar-refractivity contribution in [1.82, 2.24) is 19.1 Å². The Morgan fingerprint density at radius 2 is 1.67 bits per heavy atom. The summed E-state index contributed by atoms with van der Waals surface area (Å²) in [4.78, 5) is 11.0. The van der Waals surface area contributed by atoms with E-state index >= 15 is 0 Å². The minimum absolute atomic E-state index is 0.0364. The molecule has 9 nitrogen and oxygen atoms in total. The molecule has 0 saturated carbocycles. The minimum Gasteiger partial charge on any atom is -0.270 e. The third-order valence-electron chi connectivity index (χ3n) is 5.93. The normalized spacial score (nSPS) is 14.2. The summed E-state index contributed by atoms with van der Waals surface area (Å²) in [6.45, 7) is 1.07. The van der Waals surface area contributed by atoms with Gasteiger partial charge in [-0.2, -0.15) is 4.31 Å². The van der Waals surface area contributed by atoms with Crippen LogP contribution in [0.15, 0.2) is 88.9 Å². The number of aromatic nitrogens is 3. The van der Waals surface area contributed by atoms with E-state index in [0.29, 0.717) is 35.4 Å². The van der Waals surface area contributed by atoms with E-state index in [4.69, 9.17) is 0 Å². The van der Waals surface area contributed by atoms with Crippen LogP contribution < -0.4 is 0 Å². The zero-order chi connectivity index (χ0) is 25.1. The van der Waals surface area contributed by atoms with Gasteiger partial charge in [-0.15, -0.1) is 10.2 Å². The Bertz CT molecular complexity index is 1500. The van der Waals surface area contributed by atoms with Crippen LogP contribution in [0.1, 0.15) is 18.4 Å². The van der Waals surface area contributed by atoms with Gasteiger partial charge in [0.25, 0.3) is 5.69 Å². The fraction of sp³-hybridized carbons (Fsp3) is 0.200. The second kappa shape index (κ2) is 10.2. The molecule has 1 fully saturated rings. The number of benzene rings is 3. The number of hydrogen-bond acceptors (Lipinski definition) is 7. The van der Waals surface area contributed by atoms with Crippen molar-refractivity contribution in [1.29, 1.82) is 0 Å². The lowest BCUT2D eigenvalue weighted by molar-refractivity contribution is -0.384. The highest BCUT2D eigenvalue weighted by Gasteiger charge is 2.28. The maximum atomic E-state index is 13.1. The maximum Gasteiger partial charge on any atom is 0.269 e. The number of nitro benzene ring substituents is 1. The third-order valence-corrected chi connectivity index (χ3v) is 8.83. The second-order valence-electron chi connectivity index (χ2n) is 8.33. The van der Waals surface area contributed by atoms with Crippen LogP contribution in [-0.4, -0.2) is 45.5 Å². The first kappa shape index (κ1) is 24.2. The van der Waals surface area contributed by atoms with E-state index in [1.54, 1.807) is 30.3 Å². The topological polar surface area (TPSA) is 111 Å². The van der Waals surface area contributed by atoms with Gasteiger partial charge in [0, 0.05) is 42.2 Å². The van der Waals surface area contributed by atoms with E-state index in [9.17, 15) is 18.5 Å². The van der Waals surface area contributed by atoms with Crippen molar-refractivity contribution in [2.24, 2.45) is 0 Å². The maximum absolute atomic E-state index is 13.1. The molecular formula is C25H23N5O4S2. The van der Waals surface area contributed by atoms with Gasteiger partial charge in [-0.1, -0.05) is 54.2 Å². The van der Waals surface area contributed by atoms with Gasteiger partial charge in [0.2, 0.25) is 10.0 Å². The van der Waals surface area contributed by atoms with Gasteiger partial charge in [-0.05, 0) is 42.7 Å². The molecule has 0 bridgehead atoms. The van der Waals surface area contributed by atoms with Crippen LogP contribution in [0.4, 0.5) is 5.69 Å². The molecular weight excluding hydrogens is 498 g/mol. The molecule has 3 aromatic carbocycles. The van der Waals surface area contributed by atoms with Gasteiger partial charge >= 0.3 is 0 Å². The number of nitrogens with zero attached hydrogens (tertiary/aromatic N) is 5. The number of thioether (sulfide) groups is 1. The van der Waals surface area contributed by atoms with Crippen LogP contribution in [-0.2, 0) is 15.8 Å². The first-order valence-corrected chi connectivity index (χ1v) is 13.8. The van der Waals surface area contributed by atoms with Crippen LogP contribution >= 0.6 is 11.8 Å². The molecule has 0 radical (unpaired) electrons. The summed E-state index contributed by atoms with van der Waals surface area (Å²) >= 11 is 1.40. The summed E-state index contributed by atoms with van der Waals surface area (Å²) in [5.74, 6) is 0.969. The molecule has 0 unspecified atom stereocenters. The molecule has 1 aliphatic rings. The van der Waals surface area contributed by atoms with E-state index in [2.05, 4.69) is 10.2 Å². The number of rotatable bonds is 8. The Labute approximate surface area is 213 Å². The van der Waals surface area contributed by atoms with Crippen molar-refractivity contribution in [3.05, 3.63) is 94.5 Å². The summed E-state index contributed by atoms with van der Waals surface area (Å²) in [6, 6.07) is 22.9. The lowest BCUT2D eigenvalue weighted by Crippen LogP contribution is -2.27. The van der Waals surface area contributed by atoms with Crippen LogP contribution in [0, 0.1) is 10.1 Å². The number of sulfonamides is 1. The van der Waals surface area contributed by atoms with Crippen molar-refractivity contribution in [2.75, 3.05) is 13.1 Å². The van der Waals surface area contributed by atoms with Crippen LogP contribution in [0.5, 0.6) is 0 Å². The molecule has 11 heteroatoms. The highest BCUT2D eigenvalue weighted by Crippen LogP contribution is 2.32. The van der Waals surface area contributed by atoms with E-state index in [0.717, 1.165) is 24.1 Å². The monoisotopic (exact) mass is 521 g/mol. The zero-order valence-corrected chi connectivity index (χ0v) is 20.9. The van der Waals surface area contributed by atoms with Gasteiger partial charge < -0.3 is 0 Å². The first-order chi connectivity index (χ1) is 17.4. The average molecular weight is 522 g/mol. The SMILES string of the molecule is O=[N+]([O-])c1cccc(CSc2nnc(-c3cccc(S(=O)(=O)N4CCCC4)c3)n2-c2ccccc2)c1. The van der Waals surface area contributed by atoms with E-state index in [1.165, 1.54) is 22.1 Å². The Kier molecular flexibility index (Phi) is 6.86. The Balaban J connectivity index is 1.51. The molecule has 1 aliphatic heterocycles. The molecule has 1 saturated heterocycles. The highest BCUT2D eigenvalue weighted by atomic mass is 32.2. The van der Waals surface area contributed by atoms with Gasteiger partial charge in [0.05, 0.1) is 9.82 Å². The van der Waals surface area contributed by atoms with Crippen molar-refractivity contribution in [3.8, 4) is 17.1 Å². The molecule has 0 aliphatic carbocycles. The average Bonchev–Trinajstić information content (AvgIpc) is 3.59. The Morgan fingerprint density at radius 1 is 0.917 bits per heavy atom. The quantitative estimate of drug-likeness (QED) is 0.184. The summed E-state index contributed by atoms with van der Waals surface area (Å²) in [5, 5.41) is 20.5. The summed E-state index contributed by atoms with van der Waals surface area (Å²) < 4.78 is 29.7. The first-order valence-electron chi connectivity index (χ1n) is 11.4. The van der Waals surface area contributed by atoms with Crippen LogP contribution in [0.2, 0.25) is 0 Å². The molecule has 0 N–H and O–H groups in total. The van der Waals surface area contributed by atoms with Gasteiger partial charge in [0.15, 0.2) is 11.0 Å². The van der Waals surface area contributed by atoms with E-state index in [-0.39, 0.29) is 10.6 Å². The smallest absolute Gasteiger partial charge is 0.269 e. The lowest BCUT2D eigenvalue weighted by atomic mass is 10.2. The van der Waals surface area contributed by atoms with Crippen LogP contribution in [0.25, 0.3) is 17.1 Å². The van der Waals surface area contributed by atoms with Gasteiger partial charge in [-0.3, -0.25) is 14.7 Å². The van der Waals surface area contributed by atoms with E-state index < -0.39 is 14.9 Å². The van der Waals surface area contributed by atoms with Crippen molar-refractivity contribution < 1.29 is 13.3 Å². The Morgan fingerprint density at radius 3 is 2.42 bits per heavy atom. The predicted molar refractivity (Wildman–Crippen MR) is 137 cm³/mol. The molecule has 1 aromatic heterocycles. The number of para-hydroxylation sites is 1. The molecule has 0 spiro atoms. The summed E-state index contributed by atoms with van der Waals surface area (Å²) in [7, 11) is -3.58. The summed E-state index contributed by atoms with van der Waals surface area (Å²) in [5.41, 5.74) is 2.28. The number of nitro groups is 1. The second-order valence-corrected chi connectivity index (χ2v) is 11.2. The molecule has 5 rings (SSSR count). The molecule has 184 valence electrons. The summed E-state index contributed by atoms with van der Waals surface area (Å²) in [6.07, 6.45) is 1.73. The van der Waals surface area contributed by atoms with Crippen molar-refractivity contribution in [2.45, 2.75) is 28.6 Å². The standard InChI is InChI=1S/C25H23N5O4S2/c31-30(32)22-12-6-8-19(16-22)18-35-25-27-26-24(29(25)21-10-2-1-3-11-21)20-9-7-13-23(17-20)36(33,34)28-14-4-5-15-28/h1-3,6-13,16-17H,4-5,14-15,18H2. The largest absolute Gasteiger partial charge is 0.270 e.